The van der Waals surface area contributed by atoms with Crippen molar-refractivity contribution in [1.29, 1.82) is 0 Å². The molecule has 0 spiro atoms. The number of nitrogens with zero attached hydrogens (tertiary/aromatic N) is 2. The van der Waals surface area contributed by atoms with Gasteiger partial charge in [-0.15, -0.1) is 11.3 Å². The Morgan fingerprint density at radius 1 is 1.47 bits per heavy atom. The van der Waals surface area contributed by atoms with Gasteiger partial charge in [-0.25, -0.2) is 9.37 Å². The van der Waals surface area contributed by atoms with Crippen LogP contribution in [-0.2, 0) is 6.54 Å². The number of thiazole rings is 1. The monoisotopic (exact) mass is 280 g/mol. The van der Waals surface area contributed by atoms with Crippen LogP contribution in [0.2, 0.25) is 0 Å². The molecule has 0 aliphatic heterocycles. The van der Waals surface area contributed by atoms with Crippen molar-refractivity contribution in [1.82, 2.24) is 4.98 Å². The van der Waals surface area contributed by atoms with Crippen molar-refractivity contribution < 1.29 is 9.50 Å². The minimum atomic E-state index is -0.657. The molecule has 1 N–H and O–H groups in total. The highest BCUT2D eigenvalue weighted by Crippen LogP contribution is 2.24. The molecule has 0 bridgehead atoms. The van der Waals surface area contributed by atoms with Crippen molar-refractivity contribution in [3.05, 3.63) is 45.7 Å². The van der Waals surface area contributed by atoms with Gasteiger partial charge in [0.15, 0.2) is 0 Å². The first-order chi connectivity index (χ1) is 8.97. The maximum Gasteiger partial charge on any atom is 0.146 e. The normalized spacial score (nSPS) is 12.5. The number of benzene rings is 1. The number of aliphatic hydroxyl groups excluding tert-OH is 1. The zero-order chi connectivity index (χ0) is 14.0. The zero-order valence-corrected chi connectivity index (χ0v) is 12.0. The van der Waals surface area contributed by atoms with Crippen molar-refractivity contribution >= 4 is 17.0 Å². The van der Waals surface area contributed by atoms with E-state index in [2.05, 4.69) is 4.98 Å². The van der Waals surface area contributed by atoms with Gasteiger partial charge in [0, 0.05) is 12.4 Å². The molecule has 1 atom stereocenters. The maximum absolute atomic E-state index is 14.0. The minimum Gasteiger partial charge on any atom is -0.389 e. The fourth-order valence-corrected chi connectivity index (χ4v) is 2.51. The third-order valence-electron chi connectivity index (χ3n) is 2.93. The van der Waals surface area contributed by atoms with E-state index >= 15 is 0 Å². The van der Waals surface area contributed by atoms with Gasteiger partial charge in [0.05, 0.1) is 29.0 Å². The fraction of sp³-hybridized carbons (Fsp3) is 0.357. The number of hydrogen-bond acceptors (Lipinski definition) is 4. The largest absolute Gasteiger partial charge is 0.389 e. The Balaban J connectivity index is 2.17. The number of aryl methyl sites for hydroxylation is 1. The molecular weight excluding hydrogens is 263 g/mol. The van der Waals surface area contributed by atoms with Gasteiger partial charge in [-0.05, 0) is 31.5 Å². The van der Waals surface area contributed by atoms with Gasteiger partial charge in [0.25, 0.3) is 0 Å². The van der Waals surface area contributed by atoms with Crippen molar-refractivity contribution in [2.75, 3.05) is 11.9 Å². The average Bonchev–Trinajstić information content (AvgIpc) is 2.74. The Morgan fingerprint density at radius 3 is 2.74 bits per heavy atom. The van der Waals surface area contributed by atoms with E-state index in [-0.39, 0.29) is 5.82 Å². The summed E-state index contributed by atoms with van der Waals surface area (Å²) in [6.45, 7) is 4.14. The number of anilines is 1. The molecule has 0 amide bonds. The van der Waals surface area contributed by atoms with Gasteiger partial charge in [-0.2, -0.15) is 0 Å². The van der Waals surface area contributed by atoms with E-state index < -0.39 is 6.10 Å². The van der Waals surface area contributed by atoms with E-state index in [1.807, 2.05) is 24.3 Å². The smallest absolute Gasteiger partial charge is 0.146 e. The molecule has 2 aromatic rings. The standard InChI is InChI=1S/C14H17FN2OS/c1-9(18)11-4-5-14(13(15)6-11)17(3)7-12-8-19-10(2)16-12/h4-6,8-9,18H,7H2,1-3H3/t9-/m1/s1. The summed E-state index contributed by atoms with van der Waals surface area (Å²) in [4.78, 5) is 6.18. The molecule has 0 unspecified atom stereocenters. The summed E-state index contributed by atoms with van der Waals surface area (Å²) in [5.41, 5.74) is 2.03. The predicted molar refractivity (Wildman–Crippen MR) is 76.0 cm³/mol. The lowest BCUT2D eigenvalue weighted by Gasteiger charge is -2.19. The number of aromatic nitrogens is 1. The first kappa shape index (κ1) is 14.0. The lowest BCUT2D eigenvalue weighted by molar-refractivity contribution is 0.199. The van der Waals surface area contributed by atoms with Crippen LogP contribution in [0.3, 0.4) is 0 Å². The average molecular weight is 280 g/mol. The molecule has 0 aliphatic rings. The summed E-state index contributed by atoms with van der Waals surface area (Å²) in [7, 11) is 1.83. The highest BCUT2D eigenvalue weighted by atomic mass is 32.1. The summed E-state index contributed by atoms with van der Waals surface area (Å²) in [6.07, 6.45) is -0.657. The number of halogens is 1. The molecule has 0 aliphatic carbocycles. The molecule has 0 fully saturated rings. The van der Waals surface area contributed by atoms with E-state index in [1.54, 1.807) is 30.4 Å². The second kappa shape index (κ2) is 5.67. The summed E-state index contributed by atoms with van der Waals surface area (Å²) in [5, 5.41) is 12.4. The van der Waals surface area contributed by atoms with Crippen LogP contribution < -0.4 is 4.90 Å². The Morgan fingerprint density at radius 2 is 2.21 bits per heavy atom. The van der Waals surface area contributed by atoms with Crippen molar-refractivity contribution in [3.63, 3.8) is 0 Å². The minimum absolute atomic E-state index is 0.326. The molecule has 102 valence electrons. The van der Waals surface area contributed by atoms with Gasteiger partial charge < -0.3 is 10.0 Å². The number of hydrogen-bond donors (Lipinski definition) is 1. The third kappa shape index (κ3) is 3.30. The fourth-order valence-electron chi connectivity index (χ4n) is 1.90. The van der Waals surface area contributed by atoms with E-state index in [4.69, 9.17) is 0 Å². The van der Waals surface area contributed by atoms with Crippen LogP contribution in [0.4, 0.5) is 10.1 Å². The molecule has 19 heavy (non-hydrogen) atoms. The Bertz CT molecular complexity index is 568. The Labute approximate surface area is 116 Å². The molecule has 1 heterocycles. The maximum atomic E-state index is 14.0. The number of aliphatic hydroxyl groups is 1. The van der Waals surface area contributed by atoms with Crippen LogP contribution in [0.25, 0.3) is 0 Å². The Kier molecular flexibility index (Phi) is 4.17. The van der Waals surface area contributed by atoms with Gasteiger partial charge in [-0.1, -0.05) is 6.07 Å². The highest BCUT2D eigenvalue weighted by Gasteiger charge is 2.11. The van der Waals surface area contributed by atoms with Gasteiger partial charge >= 0.3 is 0 Å². The second-order valence-electron chi connectivity index (χ2n) is 4.60. The number of rotatable bonds is 4. The molecule has 1 aromatic carbocycles. The first-order valence-electron chi connectivity index (χ1n) is 6.07. The molecule has 1 aromatic heterocycles. The van der Waals surface area contributed by atoms with Gasteiger partial charge in [0.2, 0.25) is 0 Å². The Hall–Kier alpha value is -1.46. The predicted octanol–water partition coefficient (Wildman–Crippen LogP) is 3.28. The van der Waals surface area contributed by atoms with Crippen LogP contribution in [0.5, 0.6) is 0 Å². The highest BCUT2D eigenvalue weighted by molar-refractivity contribution is 7.09. The van der Waals surface area contributed by atoms with Crippen LogP contribution in [0.15, 0.2) is 23.6 Å². The van der Waals surface area contributed by atoms with Crippen LogP contribution in [0, 0.1) is 12.7 Å². The molecule has 3 nitrogen and oxygen atoms in total. The van der Waals surface area contributed by atoms with Crippen molar-refractivity contribution in [3.8, 4) is 0 Å². The molecular formula is C14H17FN2OS. The van der Waals surface area contributed by atoms with Crippen molar-refractivity contribution in [2.45, 2.75) is 26.5 Å². The molecule has 0 radical (unpaired) electrons. The van der Waals surface area contributed by atoms with E-state index in [0.717, 1.165) is 10.7 Å². The zero-order valence-electron chi connectivity index (χ0n) is 11.2. The van der Waals surface area contributed by atoms with Crippen LogP contribution >= 0.6 is 11.3 Å². The quantitative estimate of drug-likeness (QED) is 0.933. The van der Waals surface area contributed by atoms with E-state index in [9.17, 15) is 9.50 Å². The molecule has 0 saturated heterocycles. The molecule has 2 rings (SSSR count). The first-order valence-corrected chi connectivity index (χ1v) is 6.95. The van der Waals surface area contributed by atoms with Crippen LogP contribution in [-0.4, -0.2) is 17.1 Å². The molecule has 0 saturated carbocycles. The van der Waals surface area contributed by atoms with Gasteiger partial charge in [-0.3, -0.25) is 0 Å². The van der Waals surface area contributed by atoms with Crippen LogP contribution in [0.1, 0.15) is 29.3 Å². The second-order valence-corrected chi connectivity index (χ2v) is 5.66. The van der Waals surface area contributed by atoms with Crippen molar-refractivity contribution in [2.24, 2.45) is 0 Å². The topological polar surface area (TPSA) is 36.4 Å². The molecule has 5 heteroatoms. The lowest BCUT2D eigenvalue weighted by Crippen LogP contribution is -2.18. The van der Waals surface area contributed by atoms with E-state index in [1.165, 1.54) is 6.07 Å². The summed E-state index contributed by atoms with van der Waals surface area (Å²) >= 11 is 1.59. The summed E-state index contributed by atoms with van der Waals surface area (Å²) in [5.74, 6) is -0.326. The van der Waals surface area contributed by atoms with Gasteiger partial charge in [0.1, 0.15) is 5.82 Å². The SMILES string of the molecule is Cc1nc(CN(C)c2ccc([C@@H](C)O)cc2F)cs1. The van der Waals surface area contributed by atoms with E-state index in [0.29, 0.717) is 17.8 Å². The summed E-state index contributed by atoms with van der Waals surface area (Å²) < 4.78 is 14.0. The lowest BCUT2D eigenvalue weighted by atomic mass is 10.1. The third-order valence-corrected chi connectivity index (χ3v) is 3.75. The summed E-state index contributed by atoms with van der Waals surface area (Å²) in [6, 6.07) is 4.81.